The van der Waals surface area contributed by atoms with Crippen molar-refractivity contribution >= 4 is 11.3 Å². The maximum Gasteiger partial charge on any atom is 0.155 e. The van der Waals surface area contributed by atoms with Crippen molar-refractivity contribution < 1.29 is 0 Å². The van der Waals surface area contributed by atoms with Gasteiger partial charge in [0.2, 0.25) is 0 Å². The Hall–Kier alpha value is -2.36. The van der Waals surface area contributed by atoms with Gasteiger partial charge in [0.15, 0.2) is 5.65 Å². The lowest BCUT2D eigenvalue weighted by molar-refractivity contribution is 0.797. The van der Waals surface area contributed by atoms with Crippen molar-refractivity contribution in [2.75, 3.05) is 5.32 Å². The Morgan fingerprint density at radius 2 is 1.90 bits per heavy atom. The Morgan fingerprint density at radius 3 is 2.67 bits per heavy atom. The van der Waals surface area contributed by atoms with Gasteiger partial charge in [0, 0.05) is 29.2 Å². The first-order valence-electron chi connectivity index (χ1n) is 7.20. The summed E-state index contributed by atoms with van der Waals surface area (Å²) in [6.45, 7) is 8.34. The van der Waals surface area contributed by atoms with E-state index in [0.717, 1.165) is 28.3 Å². The Balaban J connectivity index is 1.96. The van der Waals surface area contributed by atoms with Crippen molar-refractivity contribution in [1.82, 2.24) is 14.6 Å². The van der Waals surface area contributed by atoms with Gasteiger partial charge in [0.1, 0.15) is 0 Å². The molecule has 4 nitrogen and oxygen atoms in total. The predicted octanol–water partition coefficient (Wildman–Crippen LogP) is 3.83. The van der Waals surface area contributed by atoms with Crippen LogP contribution in [-0.4, -0.2) is 14.6 Å². The number of benzene rings is 1. The molecule has 0 saturated heterocycles. The van der Waals surface area contributed by atoms with Gasteiger partial charge in [-0.05, 0) is 39.3 Å². The summed E-state index contributed by atoms with van der Waals surface area (Å²) < 4.78 is 1.92. The summed E-state index contributed by atoms with van der Waals surface area (Å²) in [5, 5.41) is 8.06. The summed E-state index contributed by atoms with van der Waals surface area (Å²) in [5.74, 6) is 0. The van der Waals surface area contributed by atoms with E-state index in [4.69, 9.17) is 0 Å². The number of aryl methyl sites for hydroxylation is 3. The van der Waals surface area contributed by atoms with Crippen LogP contribution in [0.5, 0.6) is 0 Å². The highest BCUT2D eigenvalue weighted by Crippen LogP contribution is 2.24. The lowest BCUT2D eigenvalue weighted by atomic mass is 10.1. The monoisotopic (exact) mass is 280 g/mol. The molecule has 1 unspecified atom stereocenters. The van der Waals surface area contributed by atoms with Crippen LogP contribution in [0.4, 0.5) is 5.69 Å². The molecule has 2 heterocycles. The smallest absolute Gasteiger partial charge is 0.155 e. The number of hydrogen-bond acceptors (Lipinski definition) is 3. The zero-order chi connectivity index (χ0) is 15.0. The highest BCUT2D eigenvalue weighted by molar-refractivity contribution is 5.52. The summed E-state index contributed by atoms with van der Waals surface area (Å²) in [6, 6.07) is 10.5. The fourth-order valence-corrected chi connectivity index (χ4v) is 2.65. The van der Waals surface area contributed by atoms with Crippen LogP contribution in [0.15, 0.2) is 36.5 Å². The average Bonchev–Trinajstić information content (AvgIpc) is 2.83. The predicted molar refractivity (Wildman–Crippen MR) is 85.7 cm³/mol. The molecule has 108 valence electrons. The quantitative estimate of drug-likeness (QED) is 0.793. The van der Waals surface area contributed by atoms with Gasteiger partial charge < -0.3 is 5.32 Å². The summed E-state index contributed by atoms with van der Waals surface area (Å²) in [4.78, 5) is 4.51. The molecule has 0 aliphatic carbocycles. The van der Waals surface area contributed by atoms with Crippen molar-refractivity contribution in [1.29, 1.82) is 0 Å². The van der Waals surface area contributed by atoms with E-state index in [2.05, 4.69) is 54.4 Å². The first-order valence-corrected chi connectivity index (χ1v) is 7.20. The van der Waals surface area contributed by atoms with Crippen molar-refractivity contribution in [3.8, 4) is 0 Å². The molecule has 0 radical (unpaired) electrons. The van der Waals surface area contributed by atoms with E-state index in [1.807, 2.05) is 29.8 Å². The zero-order valence-electron chi connectivity index (χ0n) is 12.9. The van der Waals surface area contributed by atoms with Crippen LogP contribution in [0.3, 0.4) is 0 Å². The number of fused-ring (bicyclic) bond motifs is 1. The number of nitrogens with one attached hydrogen (secondary N) is 1. The van der Waals surface area contributed by atoms with Gasteiger partial charge in [-0.25, -0.2) is 9.50 Å². The molecule has 21 heavy (non-hydrogen) atoms. The highest BCUT2D eigenvalue weighted by Gasteiger charge is 2.13. The Bertz CT molecular complexity index is 789. The van der Waals surface area contributed by atoms with Crippen molar-refractivity contribution in [3.05, 3.63) is 59.0 Å². The molecule has 0 fully saturated rings. The molecule has 0 aliphatic rings. The summed E-state index contributed by atoms with van der Waals surface area (Å²) in [5.41, 5.74) is 6.57. The largest absolute Gasteiger partial charge is 0.378 e. The van der Waals surface area contributed by atoms with Gasteiger partial charge in [0.05, 0.1) is 11.7 Å². The number of rotatable bonds is 3. The number of aromatic nitrogens is 3. The third-order valence-electron chi connectivity index (χ3n) is 3.87. The SMILES string of the molecule is Cc1cc2ncc(C(C)Nc3ccccc3C)c(C)n2n1. The Morgan fingerprint density at radius 1 is 1.14 bits per heavy atom. The van der Waals surface area contributed by atoms with E-state index in [1.165, 1.54) is 5.56 Å². The van der Waals surface area contributed by atoms with Crippen LogP contribution in [-0.2, 0) is 0 Å². The molecule has 4 heteroatoms. The van der Waals surface area contributed by atoms with E-state index >= 15 is 0 Å². The second-order valence-electron chi connectivity index (χ2n) is 5.54. The minimum atomic E-state index is 0.174. The fourth-order valence-electron chi connectivity index (χ4n) is 2.65. The Kier molecular flexibility index (Phi) is 3.37. The third-order valence-corrected chi connectivity index (χ3v) is 3.87. The van der Waals surface area contributed by atoms with E-state index in [-0.39, 0.29) is 6.04 Å². The molecule has 0 amide bonds. The van der Waals surface area contributed by atoms with Crippen molar-refractivity contribution in [3.63, 3.8) is 0 Å². The molecule has 2 aromatic heterocycles. The van der Waals surface area contributed by atoms with E-state index in [1.54, 1.807) is 0 Å². The van der Waals surface area contributed by atoms with Crippen molar-refractivity contribution in [2.45, 2.75) is 33.7 Å². The van der Waals surface area contributed by atoms with E-state index in [0.29, 0.717) is 0 Å². The first kappa shape index (κ1) is 13.6. The summed E-state index contributed by atoms with van der Waals surface area (Å²) >= 11 is 0. The van der Waals surface area contributed by atoms with E-state index < -0.39 is 0 Å². The number of para-hydroxylation sites is 1. The van der Waals surface area contributed by atoms with Crippen LogP contribution in [0.25, 0.3) is 5.65 Å². The maximum atomic E-state index is 4.51. The highest BCUT2D eigenvalue weighted by atomic mass is 15.3. The lowest BCUT2D eigenvalue weighted by Crippen LogP contribution is -2.12. The minimum absolute atomic E-state index is 0.174. The number of nitrogens with zero attached hydrogens (tertiary/aromatic N) is 3. The van der Waals surface area contributed by atoms with Gasteiger partial charge in [-0.1, -0.05) is 18.2 Å². The molecule has 3 rings (SSSR count). The number of hydrogen-bond donors (Lipinski definition) is 1. The summed E-state index contributed by atoms with van der Waals surface area (Å²) in [6.07, 6.45) is 1.95. The first-order chi connectivity index (χ1) is 10.1. The molecule has 0 saturated carbocycles. The average molecular weight is 280 g/mol. The lowest BCUT2D eigenvalue weighted by Gasteiger charge is -2.19. The van der Waals surface area contributed by atoms with Gasteiger partial charge in [-0.3, -0.25) is 0 Å². The molecule has 0 spiro atoms. The number of anilines is 1. The van der Waals surface area contributed by atoms with Crippen molar-refractivity contribution in [2.24, 2.45) is 0 Å². The second kappa shape index (κ2) is 5.20. The van der Waals surface area contributed by atoms with Crippen LogP contribution in [0.2, 0.25) is 0 Å². The molecular formula is C17H20N4. The normalized spacial score (nSPS) is 12.6. The standard InChI is InChI=1S/C17H20N4/c1-11-7-5-6-8-16(11)19-13(3)15-10-18-17-9-12(2)20-21(17)14(15)4/h5-10,13,19H,1-4H3. The molecular weight excluding hydrogens is 260 g/mol. The minimum Gasteiger partial charge on any atom is -0.378 e. The van der Waals surface area contributed by atoms with Crippen LogP contribution in [0, 0.1) is 20.8 Å². The fraction of sp³-hybridized carbons (Fsp3) is 0.294. The van der Waals surface area contributed by atoms with Gasteiger partial charge >= 0.3 is 0 Å². The van der Waals surface area contributed by atoms with Gasteiger partial charge in [0.25, 0.3) is 0 Å². The van der Waals surface area contributed by atoms with Crippen LogP contribution < -0.4 is 5.32 Å². The summed E-state index contributed by atoms with van der Waals surface area (Å²) in [7, 11) is 0. The molecule has 1 N–H and O–H groups in total. The van der Waals surface area contributed by atoms with Crippen LogP contribution in [0.1, 0.15) is 35.5 Å². The second-order valence-corrected chi connectivity index (χ2v) is 5.54. The van der Waals surface area contributed by atoms with Gasteiger partial charge in [-0.15, -0.1) is 0 Å². The molecule has 1 aromatic carbocycles. The van der Waals surface area contributed by atoms with E-state index in [9.17, 15) is 0 Å². The molecule has 0 aliphatic heterocycles. The van der Waals surface area contributed by atoms with Gasteiger partial charge in [-0.2, -0.15) is 5.10 Å². The maximum absolute atomic E-state index is 4.51. The third kappa shape index (κ3) is 2.49. The topological polar surface area (TPSA) is 42.2 Å². The Labute approximate surface area is 124 Å². The zero-order valence-corrected chi connectivity index (χ0v) is 12.9. The van der Waals surface area contributed by atoms with Crippen LogP contribution >= 0.6 is 0 Å². The molecule has 1 atom stereocenters. The molecule has 0 bridgehead atoms. The molecule has 3 aromatic rings.